The van der Waals surface area contributed by atoms with Crippen molar-refractivity contribution in [2.75, 3.05) is 13.7 Å². The molecule has 86 valence electrons. The molecular weight excluding hydrogens is 204 g/mol. The maximum Gasteiger partial charge on any atom is 0.140 e. The molecular formula is C11H16N4O. The zero-order valence-electron chi connectivity index (χ0n) is 9.55. The first-order valence-electron chi connectivity index (χ1n) is 5.34. The number of hydrogen-bond acceptors (Lipinski definition) is 4. The van der Waals surface area contributed by atoms with Gasteiger partial charge in [0.15, 0.2) is 0 Å². The molecule has 0 aliphatic heterocycles. The molecule has 0 aliphatic carbocycles. The summed E-state index contributed by atoms with van der Waals surface area (Å²) in [6.45, 7) is 3.34. The fourth-order valence-electron chi connectivity index (χ4n) is 1.89. The van der Waals surface area contributed by atoms with E-state index < -0.39 is 0 Å². The van der Waals surface area contributed by atoms with E-state index in [1.165, 1.54) is 0 Å². The van der Waals surface area contributed by atoms with E-state index >= 15 is 0 Å². The minimum Gasteiger partial charge on any atom is -0.372 e. The monoisotopic (exact) mass is 220 g/mol. The van der Waals surface area contributed by atoms with Crippen molar-refractivity contribution in [3.8, 4) is 0 Å². The fourth-order valence-corrected chi connectivity index (χ4v) is 1.89. The number of pyridine rings is 1. The van der Waals surface area contributed by atoms with Crippen LogP contribution in [0.1, 0.15) is 18.9 Å². The second-order valence-electron chi connectivity index (χ2n) is 3.54. The number of imidazole rings is 1. The van der Waals surface area contributed by atoms with Crippen LogP contribution in [-0.4, -0.2) is 28.2 Å². The lowest BCUT2D eigenvalue weighted by Crippen LogP contribution is -2.18. The van der Waals surface area contributed by atoms with Gasteiger partial charge in [0.25, 0.3) is 0 Å². The SMILES string of the molecule is CCn1c(C(CN)OC)nc2cnccc21. The van der Waals surface area contributed by atoms with Crippen LogP contribution in [0.25, 0.3) is 11.0 Å². The van der Waals surface area contributed by atoms with Gasteiger partial charge in [0, 0.05) is 26.4 Å². The van der Waals surface area contributed by atoms with Crippen molar-refractivity contribution in [2.24, 2.45) is 5.73 Å². The van der Waals surface area contributed by atoms with Crippen LogP contribution >= 0.6 is 0 Å². The topological polar surface area (TPSA) is 66.0 Å². The highest BCUT2D eigenvalue weighted by Crippen LogP contribution is 2.21. The van der Waals surface area contributed by atoms with Crippen LogP contribution in [0.2, 0.25) is 0 Å². The molecule has 5 nitrogen and oxygen atoms in total. The molecule has 16 heavy (non-hydrogen) atoms. The Morgan fingerprint density at radius 1 is 1.56 bits per heavy atom. The predicted molar refractivity (Wildman–Crippen MR) is 62.0 cm³/mol. The summed E-state index contributed by atoms with van der Waals surface area (Å²) in [5.74, 6) is 0.871. The molecule has 0 amide bonds. The van der Waals surface area contributed by atoms with E-state index in [0.717, 1.165) is 23.4 Å². The van der Waals surface area contributed by atoms with E-state index in [0.29, 0.717) is 6.54 Å². The molecule has 5 heteroatoms. The molecule has 2 heterocycles. The first-order chi connectivity index (χ1) is 7.81. The summed E-state index contributed by atoms with van der Waals surface area (Å²) in [6.07, 6.45) is 3.37. The standard InChI is InChI=1S/C11H16N4O/c1-3-15-9-4-5-13-7-8(9)14-11(15)10(6-12)16-2/h4-5,7,10H,3,6,12H2,1-2H3. The van der Waals surface area contributed by atoms with E-state index in [1.807, 2.05) is 6.07 Å². The van der Waals surface area contributed by atoms with Crippen LogP contribution < -0.4 is 5.73 Å². The largest absolute Gasteiger partial charge is 0.372 e. The number of fused-ring (bicyclic) bond motifs is 1. The number of nitrogens with two attached hydrogens (primary N) is 1. The number of aromatic nitrogens is 3. The molecule has 0 aromatic carbocycles. The van der Waals surface area contributed by atoms with E-state index in [4.69, 9.17) is 10.5 Å². The molecule has 2 aromatic heterocycles. The normalized spacial score (nSPS) is 13.2. The first kappa shape index (κ1) is 11.0. The number of ether oxygens (including phenoxy) is 1. The van der Waals surface area contributed by atoms with Crippen molar-refractivity contribution in [1.29, 1.82) is 0 Å². The summed E-state index contributed by atoms with van der Waals surface area (Å²) in [5, 5.41) is 0. The Hall–Kier alpha value is -1.46. The number of aryl methyl sites for hydroxylation is 1. The van der Waals surface area contributed by atoms with Gasteiger partial charge in [-0.1, -0.05) is 0 Å². The van der Waals surface area contributed by atoms with Gasteiger partial charge in [-0.2, -0.15) is 0 Å². The van der Waals surface area contributed by atoms with Gasteiger partial charge >= 0.3 is 0 Å². The quantitative estimate of drug-likeness (QED) is 0.837. The minimum atomic E-state index is -0.160. The summed E-state index contributed by atoms with van der Waals surface area (Å²) in [7, 11) is 1.65. The first-order valence-corrected chi connectivity index (χ1v) is 5.34. The highest BCUT2D eigenvalue weighted by atomic mass is 16.5. The molecule has 2 aromatic rings. The molecule has 2 rings (SSSR count). The average Bonchev–Trinajstić information content (AvgIpc) is 2.69. The van der Waals surface area contributed by atoms with Gasteiger partial charge in [-0.3, -0.25) is 4.98 Å². The Morgan fingerprint density at radius 3 is 3.00 bits per heavy atom. The second-order valence-corrected chi connectivity index (χ2v) is 3.54. The Balaban J connectivity index is 2.60. The maximum atomic E-state index is 5.67. The molecule has 0 spiro atoms. The fraction of sp³-hybridized carbons (Fsp3) is 0.455. The Bertz CT molecular complexity index is 476. The summed E-state index contributed by atoms with van der Waals surface area (Å²) in [4.78, 5) is 8.59. The van der Waals surface area contributed by atoms with Crippen LogP contribution in [0, 0.1) is 0 Å². The number of rotatable bonds is 4. The van der Waals surface area contributed by atoms with Crippen LogP contribution in [0.4, 0.5) is 0 Å². The molecule has 0 saturated carbocycles. The molecule has 1 unspecified atom stereocenters. The second kappa shape index (κ2) is 4.59. The predicted octanol–water partition coefficient (Wildman–Crippen LogP) is 1.10. The summed E-state index contributed by atoms with van der Waals surface area (Å²) in [5.41, 5.74) is 7.62. The van der Waals surface area contributed by atoms with Crippen molar-refractivity contribution in [3.63, 3.8) is 0 Å². The third-order valence-electron chi connectivity index (χ3n) is 2.68. The molecule has 2 N–H and O–H groups in total. The molecule has 1 atom stereocenters. The van der Waals surface area contributed by atoms with Gasteiger partial charge in [-0.15, -0.1) is 0 Å². The zero-order valence-corrected chi connectivity index (χ0v) is 9.55. The van der Waals surface area contributed by atoms with Gasteiger partial charge in [-0.25, -0.2) is 4.98 Å². The molecule has 0 aliphatic rings. The van der Waals surface area contributed by atoms with Crippen molar-refractivity contribution in [3.05, 3.63) is 24.3 Å². The van der Waals surface area contributed by atoms with Crippen LogP contribution in [0.15, 0.2) is 18.5 Å². The van der Waals surface area contributed by atoms with Gasteiger partial charge < -0.3 is 15.0 Å². The minimum absolute atomic E-state index is 0.160. The van der Waals surface area contributed by atoms with E-state index in [2.05, 4.69) is 21.5 Å². The van der Waals surface area contributed by atoms with Gasteiger partial charge in [0.05, 0.1) is 11.7 Å². The van der Waals surface area contributed by atoms with Gasteiger partial charge in [0.2, 0.25) is 0 Å². The number of hydrogen-bond donors (Lipinski definition) is 1. The summed E-state index contributed by atoms with van der Waals surface area (Å²) in [6, 6.07) is 1.96. The Morgan fingerprint density at radius 2 is 2.38 bits per heavy atom. The number of methoxy groups -OCH3 is 1. The van der Waals surface area contributed by atoms with Crippen molar-refractivity contribution in [1.82, 2.24) is 14.5 Å². The summed E-state index contributed by atoms with van der Waals surface area (Å²) < 4.78 is 7.44. The van der Waals surface area contributed by atoms with E-state index in [-0.39, 0.29) is 6.10 Å². The van der Waals surface area contributed by atoms with Crippen molar-refractivity contribution < 1.29 is 4.74 Å². The third kappa shape index (κ3) is 1.68. The highest BCUT2D eigenvalue weighted by Gasteiger charge is 2.17. The summed E-state index contributed by atoms with van der Waals surface area (Å²) >= 11 is 0. The molecule has 0 radical (unpaired) electrons. The lowest BCUT2D eigenvalue weighted by atomic mass is 10.3. The van der Waals surface area contributed by atoms with E-state index in [9.17, 15) is 0 Å². The Kier molecular flexibility index (Phi) is 3.17. The lowest BCUT2D eigenvalue weighted by Gasteiger charge is -2.14. The average molecular weight is 220 g/mol. The van der Waals surface area contributed by atoms with Gasteiger partial charge in [0.1, 0.15) is 17.4 Å². The third-order valence-corrected chi connectivity index (χ3v) is 2.68. The number of nitrogens with zero attached hydrogens (tertiary/aromatic N) is 3. The van der Waals surface area contributed by atoms with Gasteiger partial charge in [-0.05, 0) is 13.0 Å². The highest BCUT2D eigenvalue weighted by molar-refractivity contribution is 5.74. The van der Waals surface area contributed by atoms with Crippen LogP contribution in [0.3, 0.4) is 0 Å². The molecule has 0 bridgehead atoms. The smallest absolute Gasteiger partial charge is 0.140 e. The lowest BCUT2D eigenvalue weighted by molar-refractivity contribution is 0.100. The molecule has 0 fully saturated rings. The van der Waals surface area contributed by atoms with Crippen LogP contribution in [-0.2, 0) is 11.3 Å². The maximum absolute atomic E-state index is 5.67. The van der Waals surface area contributed by atoms with Crippen LogP contribution in [0.5, 0.6) is 0 Å². The van der Waals surface area contributed by atoms with Crippen molar-refractivity contribution >= 4 is 11.0 Å². The molecule has 0 saturated heterocycles. The van der Waals surface area contributed by atoms with Crippen molar-refractivity contribution in [2.45, 2.75) is 19.6 Å². The zero-order chi connectivity index (χ0) is 11.5. The van der Waals surface area contributed by atoms with E-state index in [1.54, 1.807) is 19.5 Å². The Labute approximate surface area is 94.2 Å².